The average molecular weight is 448 g/mol. The van der Waals surface area contributed by atoms with Crippen LogP contribution in [-0.2, 0) is 9.59 Å². The molecule has 3 rings (SSSR count). The molecule has 8 heteroatoms. The van der Waals surface area contributed by atoms with Gasteiger partial charge in [0.15, 0.2) is 6.10 Å². The number of rotatable bonds is 6. The highest BCUT2D eigenvalue weighted by Crippen LogP contribution is 2.36. The van der Waals surface area contributed by atoms with Crippen molar-refractivity contribution in [1.29, 1.82) is 0 Å². The van der Waals surface area contributed by atoms with E-state index in [0.29, 0.717) is 45.8 Å². The Morgan fingerprint density at radius 2 is 2.00 bits per heavy atom. The third kappa shape index (κ3) is 5.33. The van der Waals surface area contributed by atoms with Crippen molar-refractivity contribution >= 4 is 52.5 Å². The molecule has 0 bridgehead atoms. The Morgan fingerprint density at radius 1 is 1.23 bits per heavy atom. The van der Waals surface area contributed by atoms with Crippen LogP contribution in [0.5, 0.6) is 5.75 Å². The molecule has 2 aromatic carbocycles. The van der Waals surface area contributed by atoms with Crippen molar-refractivity contribution in [2.75, 3.05) is 37.4 Å². The van der Waals surface area contributed by atoms with Gasteiger partial charge < -0.3 is 19.9 Å². The number of hydrogen-bond donors (Lipinski definition) is 1. The summed E-state index contributed by atoms with van der Waals surface area (Å²) in [6.45, 7) is 2.97. The number of fused-ring (bicyclic) bond motifs is 1. The standard InChI is InChI=1S/C22H23Cl2N3O3/c1-14-22(29)27(11-10-26(2)3)19-13-17(7-8-20(19)30-14)25-21(28)9-5-15-4-6-16(23)12-18(15)24/h4-9,12-14H,10-11H2,1-3H3,(H,25,28)/b9-5+. The fraction of sp³-hybridized carbons (Fsp3) is 0.273. The summed E-state index contributed by atoms with van der Waals surface area (Å²) in [5.74, 6) is 0.185. The van der Waals surface area contributed by atoms with Crippen LogP contribution in [0.1, 0.15) is 12.5 Å². The highest BCUT2D eigenvalue weighted by atomic mass is 35.5. The lowest BCUT2D eigenvalue weighted by atomic mass is 10.1. The molecule has 0 aliphatic carbocycles. The molecule has 1 unspecified atom stereocenters. The zero-order valence-corrected chi connectivity index (χ0v) is 18.5. The van der Waals surface area contributed by atoms with Gasteiger partial charge in [-0.3, -0.25) is 9.59 Å². The number of nitrogens with one attached hydrogen (secondary N) is 1. The van der Waals surface area contributed by atoms with Crippen LogP contribution in [0.4, 0.5) is 11.4 Å². The van der Waals surface area contributed by atoms with Crippen LogP contribution in [0.2, 0.25) is 10.0 Å². The highest BCUT2D eigenvalue weighted by Gasteiger charge is 2.31. The predicted octanol–water partition coefficient (Wildman–Crippen LogP) is 4.32. The molecular weight excluding hydrogens is 425 g/mol. The summed E-state index contributed by atoms with van der Waals surface area (Å²) in [6, 6.07) is 10.3. The van der Waals surface area contributed by atoms with Crippen LogP contribution < -0.4 is 15.0 Å². The van der Waals surface area contributed by atoms with Crippen LogP contribution in [0, 0.1) is 0 Å². The first-order chi connectivity index (χ1) is 14.2. The molecule has 0 aromatic heterocycles. The Bertz CT molecular complexity index is 992. The Kier molecular flexibility index (Phi) is 7.02. The maximum Gasteiger partial charge on any atom is 0.267 e. The van der Waals surface area contributed by atoms with Gasteiger partial charge in [0, 0.05) is 34.9 Å². The minimum Gasteiger partial charge on any atom is -0.479 e. The Hall–Kier alpha value is -2.54. The van der Waals surface area contributed by atoms with E-state index in [-0.39, 0.29) is 11.8 Å². The van der Waals surface area contributed by atoms with Crippen LogP contribution in [0.3, 0.4) is 0 Å². The predicted molar refractivity (Wildman–Crippen MR) is 122 cm³/mol. The number of halogens is 2. The largest absolute Gasteiger partial charge is 0.479 e. The van der Waals surface area contributed by atoms with E-state index in [2.05, 4.69) is 5.32 Å². The maximum atomic E-state index is 12.6. The molecule has 2 aromatic rings. The summed E-state index contributed by atoms with van der Waals surface area (Å²) in [5.41, 5.74) is 1.89. The summed E-state index contributed by atoms with van der Waals surface area (Å²) >= 11 is 12.0. The third-order valence-corrected chi connectivity index (χ3v) is 5.14. The van der Waals surface area contributed by atoms with E-state index >= 15 is 0 Å². The number of benzene rings is 2. The molecule has 0 spiro atoms. The van der Waals surface area contributed by atoms with Gasteiger partial charge in [0.2, 0.25) is 5.91 Å². The fourth-order valence-corrected chi connectivity index (χ4v) is 3.47. The number of likely N-dealkylation sites (N-methyl/N-ethyl adjacent to an activating group) is 1. The minimum atomic E-state index is -0.549. The normalized spacial score (nSPS) is 16.0. The number of amides is 2. The van der Waals surface area contributed by atoms with Gasteiger partial charge in [0.1, 0.15) is 5.75 Å². The number of carbonyl (C=O) groups is 2. The van der Waals surface area contributed by atoms with Crippen molar-refractivity contribution in [3.63, 3.8) is 0 Å². The van der Waals surface area contributed by atoms with Gasteiger partial charge in [0.25, 0.3) is 5.91 Å². The molecule has 2 amide bonds. The Labute approximate surface area is 186 Å². The van der Waals surface area contributed by atoms with Gasteiger partial charge in [-0.1, -0.05) is 29.3 Å². The third-order valence-electron chi connectivity index (χ3n) is 4.58. The molecule has 0 saturated heterocycles. The van der Waals surface area contributed by atoms with Gasteiger partial charge in [-0.15, -0.1) is 0 Å². The topological polar surface area (TPSA) is 61.9 Å². The lowest BCUT2D eigenvalue weighted by molar-refractivity contribution is -0.125. The van der Waals surface area contributed by atoms with Gasteiger partial charge in [0.05, 0.1) is 5.69 Å². The molecule has 0 radical (unpaired) electrons. The molecule has 6 nitrogen and oxygen atoms in total. The van der Waals surface area contributed by atoms with Crippen molar-refractivity contribution in [3.05, 3.63) is 58.1 Å². The molecule has 0 saturated carbocycles. The summed E-state index contributed by atoms with van der Waals surface area (Å²) < 4.78 is 5.71. The molecule has 1 aliphatic heterocycles. The number of ether oxygens (including phenoxy) is 1. The molecule has 158 valence electrons. The molecule has 1 aliphatic rings. The smallest absolute Gasteiger partial charge is 0.267 e. The lowest BCUT2D eigenvalue weighted by Gasteiger charge is -2.34. The van der Waals surface area contributed by atoms with Crippen LogP contribution >= 0.6 is 23.2 Å². The SMILES string of the molecule is CC1Oc2ccc(NC(=O)/C=C/c3ccc(Cl)cc3Cl)cc2N(CCN(C)C)C1=O. The monoisotopic (exact) mass is 447 g/mol. The van der Waals surface area contributed by atoms with E-state index in [1.54, 1.807) is 54.3 Å². The van der Waals surface area contributed by atoms with Gasteiger partial charge in [-0.25, -0.2) is 0 Å². The minimum absolute atomic E-state index is 0.106. The van der Waals surface area contributed by atoms with E-state index < -0.39 is 6.10 Å². The van der Waals surface area contributed by atoms with E-state index in [9.17, 15) is 9.59 Å². The van der Waals surface area contributed by atoms with Crippen molar-refractivity contribution < 1.29 is 14.3 Å². The second-order valence-corrected chi connectivity index (χ2v) is 8.07. The van der Waals surface area contributed by atoms with Gasteiger partial charge >= 0.3 is 0 Å². The molecule has 1 atom stereocenters. The second-order valence-electron chi connectivity index (χ2n) is 7.22. The van der Waals surface area contributed by atoms with E-state index in [1.165, 1.54) is 6.08 Å². The summed E-state index contributed by atoms with van der Waals surface area (Å²) in [7, 11) is 3.90. The Balaban J connectivity index is 1.77. The van der Waals surface area contributed by atoms with Crippen molar-refractivity contribution in [3.8, 4) is 5.75 Å². The van der Waals surface area contributed by atoms with E-state index in [0.717, 1.165) is 0 Å². The molecule has 1 heterocycles. The molecule has 1 N–H and O–H groups in total. The lowest BCUT2D eigenvalue weighted by Crippen LogP contribution is -2.46. The van der Waals surface area contributed by atoms with Gasteiger partial charge in [-0.05, 0) is 63.0 Å². The van der Waals surface area contributed by atoms with Crippen LogP contribution in [-0.4, -0.2) is 50.0 Å². The fourth-order valence-electron chi connectivity index (χ4n) is 3.00. The highest BCUT2D eigenvalue weighted by molar-refractivity contribution is 6.35. The quantitative estimate of drug-likeness (QED) is 0.669. The van der Waals surface area contributed by atoms with Crippen molar-refractivity contribution in [2.45, 2.75) is 13.0 Å². The maximum absolute atomic E-state index is 12.6. The molecule has 0 fully saturated rings. The van der Waals surface area contributed by atoms with Gasteiger partial charge in [-0.2, -0.15) is 0 Å². The van der Waals surface area contributed by atoms with Crippen LogP contribution in [0.15, 0.2) is 42.5 Å². The first-order valence-electron chi connectivity index (χ1n) is 9.45. The van der Waals surface area contributed by atoms with Crippen LogP contribution in [0.25, 0.3) is 6.08 Å². The number of carbonyl (C=O) groups excluding carboxylic acids is 2. The van der Waals surface area contributed by atoms with Crippen molar-refractivity contribution in [2.24, 2.45) is 0 Å². The number of nitrogens with zero attached hydrogens (tertiary/aromatic N) is 2. The summed E-state index contributed by atoms with van der Waals surface area (Å²) in [4.78, 5) is 28.7. The van der Waals surface area contributed by atoms with E-state index in [1.807, 2.05) is 19.0 Å². The zero-order valence-electron chi connectivity index (χ0n) is 17.0. The van der Waals surface area contributed by atoms with E-state index in [4.69, 9.17) is 27.9 Å². The molecule has 30 heavy (non-hydrogen) atoms. The molecular formula is C22H23Cl2N3O3. The Morgan fingerprint density at radius 3 is 2.70 bits per heavy atom. The summed E-state index contributed by atoms with van der Waals surface area (Å²) in [6.07, 6.45) is 2.46. The summed E-state index contributed by atoms with van der Waals surface area (Å²) in [5, 5.41) is 3.79. The first kappa shape index (κ1) is 22.2. The zero-order chi connectivity index (χ0) is 21.8. The first-order valence-corrected chi connectivity index (χ1v) is 10.2. The van der Waals surface area contributed by atoms with Crippen molar-refractivity contribution in [1.82, 2.24) is 4.90 Å². The second kappa shape index (κ2) is 9.51. The number of anilines is 2. The average Bonchev–Trinajstić information content (AvgIpc) is 2.68. The number of hydrogen-bond acceptors (Lipinski definition) is 4.